The van der Waals surface area contributed by atoms with E-state index in [9.17, 15) is 0 Å². The summed E-state index contributed by atoms with van der Waals surface area (Å²) in [6, 6.07) is 14.8. The number of benzene rings is 2. The van der Waals surface area contributed by atoms with Gasteiger partial charge in [0.2, 0.25) is 0 Å². The number of aliphatic imine (C=N–C) groups is 1. The number of rotatable bonds is 8. The fraction of sp³-hybridized carbons (Fsp3) is 0.280. The summed E-state index contributed by atoms with van der Waals surface area (Å²) in [5, 5.41) is 9.13. The third kappa shape index (κ3) is 5.03. The van der Waals surface area contributed by atoms with Gasteiger partial charge in [0.15, 0.2) is 0 Å². The van der Waals surface area contributed by atoms with E-state index >= 15 is 0 Å². The number of hydrogen-bond acceptors (Lipinski definition) is 5. The Hall–Kier alpha value is -3.38. The van der Waals surface area contributed by atoms with Crippen LogP contribution >= 0.6 is 0 Å². The molecule has 0 amide bonds. The maximum Gasteiger partial charge on any atom is 0.0991 e. The first kappa shape index (κ1) is 22.3. The van der Waals surface area contributed by atoms with Crippen molar-refractivity contribution in [2.45, 2.75) is 27.7 Å². The molecule has 3 rings (SSSR count). The highest BCUT2D eigenvalue weighted by Crippen LogP contribution is 2.32. The molecule has 1 heterocycles. The standard InChI is InChI=1S/C25H31N5O/c1-5-30(23-10-8-22(9-11-23)29-14-12-27-17-29)24-16-21(7-6-18(24)2)25(19(3)26)20(4)28-13-15-31/h6-12,14,16-17,31H,5,13,15,26H2,1-4H3. The second-order valence-corrected chi connectivity index (χ2v) is 7.48. The van der Waals surface area contributed by atoms with Crippen LogP contribution in [0.4, 0.5) is 11.4 Å². The molecule has 2 aromatic carbocycles. The molecule has 0 unspecified atom stereocenters. The molecule has 3 N–H and O–H groups in total. The second kappa shape index (κ2) is 10.1. The molecule has 0 fully saturated rings. The Morgan fingerprint density at radius 3 is 2.48 bits per heavy atom. The van der Waals surface area contributed by atoms with Crippen molar-refractivity contribution < 1.29 is 5.11 Å². The fourth-order valence-corrected chi connectivity index (χ4v) is 3.78. The highest BCUT2D eigenvalue weighted by Gasteiger charge is 2.15. The molecular formula is C25H31N5O. The molecule has 31 heavy (non-hydrogen) atoms. The summed E-state index contributed by atoms with van der Waals surface area (Å²) in [5.41, 5.74) is 14.2. The molecule has 0 bridgehead atoms. The number of aliphatic hydroxyl groups excluding tert-OH is 1. The Labute approximate surface area is 184 Å². The lowest BCUT2D eigenvalue weighted by atomic mass is 9.97. The van der Waals surface area contributed by atoms with Crippen LogP contribution in [0.3, 0.4) is 0 Å². The lowest BCUT2D eigenvalue weighted by Gasteiger charge is -2.26. The van der Waals surface area contributed by atoms with Crippen molar-refractivity contribution in [3.05, 3.63) is 78.0 Å². The maximum absolute atomic E-state index is 9.13. The van der Waals surface area contributed by atoms with Gasteiger partial charge in [0.05, 0.1) is 19.5 Å². The summed E-state index contributed by atoms with van der Waals surface area (Å²) >= 11 is 0. The third-order valence-electron chi connectivity index (χ3n) is 5.27. The molecule has 162 valence electrons. The molecule has 6 heteroatoms. The monoisotopic (exact) mass is 417 g/mol. The van der Waals surface area contributed by atoms with Crippen molar-refractivity contribution in [2.75, 3.05) is 24.6 Å². The van der Waals surface area contributed by atoms with Gasteiger partial charge in [-0.25, -0.2) is 4.98 Å². The number of imidazole rings is 1. The lowest BCUT2D eigenvalue weighted by molar-refractivity contribution is 0.307. The summed E-state index contributed by atoms with van der Waals surface area (Å²) in [6.07, 6.45) is 5.51. The van der Waals surface area contributed by atoms with Crippen molar-refractivity contribution in [3.63, 3.8) is 0 Å². The number of aromatic nitrogens is 2. The number of nitrogens with two attached hydrogens (primary N) is 1. The quantitative estimate of drug-likeness (QED) is 0.530. The molecule has 0 aliphatic carbocycles. The predicted octanol–water partition coefficient (Wildman–Crippen LogP) is 4.48. The molecule has 0 radical (unpaired) electrons. The molecule has 6 nitrogen and oxygen atoms in total. The van der Waals surface area contributed by atoms with E-state index < -0.39 is 0 Å². The van der Waals surface area contributed by atoms with Crippen LogP contribution in [-0.2, 0) is 0 Å². The maximum atomic E-state index is 9.13. The predicted molar refractivity (Wildman–Crippen MR) is 129 cm³/mol. The van der Waals surface area contributed by atoms with E-state index in [1.54, 1.807) is 12.5 Å². The van der Waals surface area contributed by atoms with Gasteiger partial charge in [-0.3, -0.25) is 4.99 Å². The first-order chi connectivity index (χ1) is 15.0. The van der Waals surface area contributed by atoms with Crippen molar-refractivity contribution in [2.24, 2.45) is 10.7 Å². The molecule has 0 spiro atoms. The summed E-state index contributed by atoms with van der Waals surface area (Å²) in [5.74, 6) is 0. The minimum absolute atomic E-state index is 0.0199. The molecule has 0 aliphatic heterocycles. The second-order valence-electron chi connectivity index (χ2n) is 7.48. The Balaban J connectivity index is 2.00. The van der Waals surface area contributed by atoms with Crippen molar-refractivity contribution in [1.29, 1.82) is 0 Å². The highest BCUT2D eigenvalue weighted by molar-refractivity contribution is 6.23. The van der Waals surface area contributed by atoms with Gasteiger partial charge in [-0.05, 0) is 69.2 Å². The Bertz CT molecular complexity index is 1060. The van der Waals surface area contributed by atoms with Crippen LogP contribution in [0.1, 0.15) is 31.9 Å². The summed E-state index contributed by atoms with van der Waals surface area (Å²) in [4.78, 5) is 10.9. The highest BCUT2D eigenvalue weighted by atomic mass is 16.3. The van der Waals surface area contributed by atoms with Crippen LogP contribution in [0.2, 0.25) is 0 Å². The van der Waals surface area contributed by atoms with Crippen LogP contribution < -0.4 is 10.6 Å². The smallest absolute Gasteiger partial charge is 0.0991 e. The average Bonchev–Trinajstić information content (AvgIpc) is 3.30. The minimum atomic E-state index is 0.0199. The number of allylic oxidation sites excluding steroid dienone is 2. The zero-order valence-corrected chi connectivity index (χ0v) is 18.7. The van der Waals surface area contributed by atoms with Crippen molar-refractivity contribution in [1.82, 2.24) is 9.55 Å². The molecule has 0 aliphatic rings. The van der Waals surface area contributed by atoms with Crippen LogP contribution in [0.5, 0.6) is 0 Å². The first-order valence-electron chi connectivity index (χ1n) is 10.5. The van der Waals surface area contributed by atoms with Crippen LogP contribution in [0, 0.1) is 6.92 Å². The van der Waals surface area contributed by atoms with E-state index in [1.807, 2.05) is 24.6 Å². The zero-order valence-electron chi connectivity index (χ0n) is 18.7. The Kier molecular flexibility index (Phi) is 7.26. The van der Waals surface area contributed by atoms with Gasteiger partial charge in [0.25, 0.3) is 0 Å². The SMILES string of the molecule is CCN(c1ccc(-n2ccnc2)cc1)c1cc(C(C(C)=NCCO)=C(C)N)ccc1C. The average molecular weight is 418 g/mol. The van der Waals surface area contributed by atoms with Gasteiger partial charge in [-0.15, -0.1) is 0 Å². The molecular weight excluding hydrogens is 386 g/mol. The Morgan fingerprint density at radius 1 is 1.16 bits per heavy atom. The molecule has 0 atom stereocenters. The van der Waals surface area contributed by atoms with E-state index in [0.717, 1.165) is 40.5 Å². The zero-order chi connectivity index (χ0) is 22.4. The van der Waals surface area contributed by atoms with E-state index in [-0.39, 0.29) is 6.61 Å². The topological polar surface area (TPSA) is 79.7 Å². The Morgan fingerprint density at radius 2 is 1.90 bits per heavy atom. The number of aliphatic hydroxyl groups is 1. The van der Waals surface area contributed by atoms with E-state index in [1.165, 1.54) is 5.56 Å². The van der Waals surface area contributed by atoms with Gasteiger partial charge < -0.3 is 20.3 Å². The van der Waals surface area contributed by atoms with Gasteiger partial charge in [0, 0.05) is 53.0 Å². The number of nitrogens with zero attached hydrogens (tertiary/aromatic N) is 4. The molecule has 0 saturated heterocycles. The normalized spacial score (nSPS) is 12.6. The van der Waals surface area contributed by atoms with Crippen LogP contribution in [0.15, 0.2) is 71.9 Å². The molecule has 1 aromatic heterocycles. The third-order valence-corrected chi connectivity index (χ3v) is 5.27. The van der Waals surface area contributed by atoms with E-state index in [0.29, 0.717) is 12.2 Å². The van der Waals surface area contributed by atoms with Crippen LogP contribution in [-0.4, -0.2) is 40.1 Å². The van der Waals surface area contributed by atoms with E-state index in [2.05, 4.69) is 71.2 Å². The largest absolute Gasteiger partial charge is 0.402 e. The van der Waals surface area contributed by atoms with Gasteiger partial charge in [0.1, 0.15) is 0 Å². The lowest BCUT2D eigenvalue weighted by Crippen LogP contribution is -2.18. The summed E-state index contributed by atoms with van der Waals surface area (Å²) in [6.45, 7) is 9.30. The van der Waals surface area contributed by atoms with Gasteiger partial charge in [-0.2, -0.15) is 0 Å². The van der Waals surface area contributed by atoms with Crippen molar-refractivity contribution >= 4 is 22.7 Å². The van der Waals surface area contributed by atoms with Gasteiger partial charge >= 0.3 is 0 Å². The minimum Gasteiger partial charge on any atom is -0.402 e. The fourth-order valence-electron chi connectivity index (χ4n) is 3.78. The number of aryl methyl sites for hydroxylation is 1. The molecule has 3 aromatic rings. The molecule has 0 saturated carbocycles. The number of anilines is 2. The summed E-state index contributed by atoms with van der Waals surface area (Å²) < 4.78 is 1.99. The first-order valence-corrected chi connectivity index (χ1v) is 10.5. The van der Waals surface area contributed by atoms with Crippen LogP contribution in [0.25, 0.3) is 11.3 Å². The van der Waals surface area contributed by atoms with E-state index in [4.69, 9.17) is 10.8 Å². The van der Waals surface area contributed by atoms with Gasteiger partial charge in [-0.1, -0.05) is 12.1 Å². The summed E-state index contributed by atoms with van der Waals surface area (Å²) in [7, 11) is 0. The number of hydrogen-bond donors (Lipinski definition) is 2. The van der Waals surface area contributed by atoms with Crippen molar-refractivity contribution in [3.8, 4) is 5.69 Å².